The summed E-state index contributed by atoms with van der Waals surface area (Å²) in [6.45, 7) is 10.5. The first-order valence-electron chi connectivity index (χ1n) is 11.1. The lowest BCUT2D eigenvalue weighted by molar-refractivity contribution is -0.274. The summed E-state index contributed by atoms with van der Waals surface area (Å²) in [5, 5.41) is 5.63. The van der Waals surface area contributed by atoms with Crippen LogP contribution in [0.3, 0.4) is 0 Å². The van der Waals surface area contributed by atoms with Crippen LogP contribution in [0.1, 0.15) is 69.2 Å². The molecule has 2 unspecified atom stereocenters. The number of amides is 1. The third kappa shape index (κ3) is 4.22. The number of aromatic amines is 1. The number of ether oxygens (including phenoxy) is 1. The van der Waals surface area contributed by atoms with Gasteiger partial charge in [0.15, 0.2) is 0 Å². The molecule has 2 atom stereocenters. The highest BCUT2D eigenvalue weighted by Crippen LogP contribution is 2.42. The third-order valence-electron chi connectivity index (χ3n) is 6.66. The van der Waals surface area contributed by atoms with E-state index >= 15 is 0 Å². The smallest absolute Gasteiger partial charge is 0.250 e. The number of piperidine rings is 1. The van der Waals surface area contributed by atoms with Gasteiger partial charge in [-0.15, -0.1) is 0 Å². The van der Waals surface area contributed by atoms with Crippen LogP contribution in [0.4, 0.5) is 0 Å². The van der Waals surface area contributed by atoms with Crippen molar-refractivity contribution in [3.8, 4) is 0 Å². The van der Waals surface area contributed by atoms with Crippen molar-refractivity contribution in [1.82, 2.24) is 20.3 Å². The summed E-state index contributed by atoms with van der Waals surface area (Å²) in [6.07, 6.45) is 2.99. The van der Waals surface area contributed by atoms with Crippen molar-refractivity contribution in [2.45, 2.75) is 70.2 Å². The molecule has 2 aromatic rings. The summed E-state index contributed by atoms with van der Waals surface area (Å²) in [5.41, 5.74) is 7.28. The number of hydroxylamine groups is 2. The number of aromatic nitrogens is 2. The quantitative estimate of drug-likeness (QED) is 0.652. The maximum Gasteiger partial charge on any atom is 0.250 e. The third-order valence-corrected chi connectivity index (χ3v) is 6.66. The molecule has 31 heavy (non-hydrogen) atoms. The zero-order valence-electron chi connectivity index (χ0n) is 19.2. The summed E-state index contributed by atoms with van der Waals surface area (Å²) in [6, 6.07) is 5.40. The zero-order chi connectivity index (χ0) is 22.4. The Morgan fingerprint density at radius 3 is 2.61 bits per heavy atom. The van der Waals surface area contributed by atoms with E-state index in [0.717, 1.165) is 37.1 Å². The summed E-state index contributed by atoms with van der Waals surface area (Å²) >= 11 is 0. The van der Waals surface area contributed by atoms with Gasteiger partial charge in [-0.3, -0.25) is 4.79 Å². The van der Waals surface area contributed by atoms with Crippen LogP contribution in [0, 0.1) is 5.92 Å². The number of nitrogens with one attached hydrogen (secondary N) is 2. The van der Waals surface area contributed by atoms with E-state index in [1.807, 2.05) is 12.1 Å². The van der Waals surface area contributed by atoms with E-state index in [2.05, 4.69) is 43.1 Å². The largest absolute Gasteiger partial charge is 0.376 e. The number of benzene rings is 1. The predicted molar refractivity (Wildman–Crippen MR) is 119 cm³/mol. The molecule has 8 nitrogen and oxygen atoms in total. The molecule has 2 fully saturated rings. The molecule has 2 aliphatic heterocycles. The number of carbonyl (C=O) groups excluding carboxylic acids is 1. The lowest BCUT2D eigenvalue weighted by atomic mass is 9.75. The summed E-state index contributed by atoms with van der Waals surface area (Å²) in [5.74, 6) is 0.777. The maximum atomic E-state index is 11.8. The molecule has 1 amide bonds. The molecule has 2 saturated heterocycles. The predicted octanol–water partition coefficient (Wildman–Crippen LogP) is 2.91. The number of nitrogens with zero attached hydrogens (tertiary/aromatic N) is 2. The van der Waals surface area contributed by atoms with Gasteiger partial charge in [-0.25, -0.2) is 4.98 Å². The minimum Gasteiger partial charge on any atom is -0.376 e. The Kier molecular flexibility index (Phi) is 5.85. The lowest BCUT2D eigenvalue weighted by Crippen LogP contribution is -2.60. The Morgan fingerprint density at radius 1 is 1.26 bits per heavy atom. The molecule has 3 heterocycles. The van der Waals surface area contributed by atoms with Gasteiger partial charge < -0.3 is 25.6 Å². The molecule has 2 aliphatic rings. The monoisotopic (exact) mass is 429 g/mol. The SMILES string of the molecule is CON1C(C)(C)CC(COC2CCNC2c2nc3c(C(N)=O)cccc3[nH]2)CC1(C)C. The second-order valence-electron chi connectivity index (χ2n) is 10.2. The fourth-order valence-corrected chi connectivity index (χ4v) is 5.87. The van der Waals surface area contributed by atoms with E-state index in [-0.39, 0.29) is 23.2 Å². The van der Waals surface area contributed by atoms with Crippen molar-refractivity contribution in [3.05, 3.63) is 29.6 Å². The molecule has 1 aromatic heterocycles. The fourth-order valence-electron chi connectivity index (χ4n) is 5.87. The average Bonchev–Trinajstić information content (AvgIpc) is 3.30. The molecule has 0 saturated carbocycles. The Labute approximate surface area is 183 Å². The second-order valence-corrected chi connectivity index (χ2v) is 10.2. The molecule has 170 valence electrons. The topological polar surface area (TPSA) is 106 Å². The van der Waals surface area contributed by atoms with Gasteiger partial charge >= 0.3 is 0 Å². The molecule has 0 aliphatic carbocycles. The van der Waals surface area contributed by atoms with Gasteiger partial charge in [0.05, 0.1) is 30.3 Å². The van der Waals surface area contributed by atoms with Crippen molar-refractivity contribution in [2.24, 2.45) is 11.7 Å². The number of fused-ring (bicyclic) bond motifs is 1. The number of para-hydroxylation sites is 1. The van der Waals surface area contributed by atoms with Crippen LogP contribution >= 0.6 is 0 Å². The van der Waals surface area contributed by atoms with Gasteiger partial charge in [-0.2, -0.15) is 5.06 Å². The standard InChI is InChI=1S/C23H35N5O3/c1-22(2)11-14(12-23(3,4)28(22)30-5)13-31-17-9-10-25-19(17)21-26-16-8-6-7-15(20(24)29)18(16)27-21/h6-8,14,17,19,25H,9-13H2,1-5H3,(H2,24,29)(H,26,27). The van der Waals surface area contributed by atoms with E-state index in [4.69, 9.17) is 20.3 Å². The summed E-state index contributed by atoms with van der Waals surface area (Å²) < 4.78 is 6.47. The first kappa shape index (κ1) is 22.2. The summed E-state index contributed by atoms with van der Waals surface area (Å²) in [7, 11) is 1.76. The van der Waals surface area contributed by atoms with E-state index in [9.17, 15) is 4.79 Å². The maximum absolute atomic E-state index is 11.8. The number of rotatable bonds is 6. The highest BCUT2D eigenvalue weighted by atomic mass is 16.7. The van der Waals surface area contributed by atoms with Crippen LogP contribution in [0.5, 0.6) is 0 Å². The molecule has 4 rings (SSSR count). The molecule has 4 N–H and O–H groups in total. The molecule has 0 bridgehead atoms. The van der Waals surface area contributed by atoms with Gasteiger partial charge in [0.1, 0.15) is 11.3 Å². The fraction of sp³-hybridized carbons (Fsp3) is 0.652. The molecular formula is C23H35N5O3. The molecule has 8 heteroatoms. The number of hydrogen-bond acceptors (Lipinski definition) is 6. The van der Waals surface area contributed by atoms with Crippen molar-refractivity contribution in [1.29, 1.82) is 0 Å². The van der Waals surface area contributed by atoms with Crippen molar-refractivity contribution >= 4 is 16.9 Å². The van der Waals surface area contributed by atoms with Gasteiger partial charge in [-0.1, -0.05) is 6.07 Å². The van der Waals surface area contributed by atoms with E-state index < -0.39 is 5.91 Å². The van der Waals surface area contributed by atoms with E-state index in [1.54, 1.807) is 13.2 Å². The molecule has 1 aromatic carbocycles. The first-order chi connectivity index (χ1) is 14.6. The normalized spacial score (nSPS) is 26.5. The Morgan fingerprint density at radius 2 is 1.97 bits per heavy atom. The number of carbonyl (C=O) groups is 1. The van der Waals surface area contributed by atoms with Crippen LogP contribution in [0.25, 0.3) is 11.0 Å². The lowest BCUT2D eigenvalue weighted by Gasteiger charge is -2.53. The molecular weight excluding hydrogens is 394 g/mol. The minimum absolute atomic E-state index is 0.0317. The molecule has 0 radical (unpaired) electrons. The number of nitrogens with two attached hydrogens (primary N) is 1. The van der Waals surface area contributed by atoms with Gasteiger partial charge in [0, 0.05) is 17.7 Å². The van der Waals surface area contributed by atoms with E-state index in [0.29, 0.717) is 23.6 Å². The van der Waals surface area contributed by atoms with Gasteiger partial charge in [-0.05, 0) is 71.6 Å². The van der Waals surface area contributed by atoms with Crippen LogP contribution in [0.2, 0.25) is 0 Å². The number of primary amides is 1. The Bertz CT molecular complexity index is 936. The van der Waals surface area contributed by atoms with Gasteiger partial charge in [0.25, 0.3) is 5.91 Å². The van der Waals surface area contributed by atoms with Crippen LogP contribution in [0.15, 0.2) is 18.2 Å². The van der Waals surface area contributed by atoms with Crippen molar-refractivity contribution in [2.75, 3.05) is 20.3 Å². The Hall–Kier alpha value is -2.00. The number of H-pyrrole nitrogens is 1. The van der Waals surface area contributed by atoms with Crippen LogP contribution < -0.4 is 11.1 Å². The van der Waals surface area contributed by atoms with E-state index in [1.165, 1.54) is 0 Å². The average molecular weight is 430 g/mol. The van der Waals surface area contributed by atoms with Crippen molar-refractivity contribution < 1.29 is 14.4 Å². The van der Waals surface area contributed by atoms with Crippen LogP contribution in [-0.2, 0) is 9.57 Å². The van der Waals surface area contributed by atoms with Crippen LogP contribution in [-0.4, -0.2) is 58.4 Å². The molecule has 0 spiro atoms. The Balaban J connectivity index is 1.47. The first-order valence-corrected chi connectivity index (χ1v) is 11.1. The highest BCUT2D eigenvalue weighted by Gasteiger charge is 2.46. The summed E-state index contributed by atoms with van der Waals surface area (Å²) in [4.78, 5) is 25.5. The van der Waals surface area contributed by atoms with Gasteiger partial charge in [0.2, 0.25) is 0 Å². The number of imidazole rings is 1. The minimum atomic E-state index is -0.469. The zero-order valence-corrected chi connectivity index (χ0v) is 19.2. The number of hydrogen-bond donors (Lipinski definition) is 3. The second kappa shape index (κ2) is 8.16. The van der Waals surface area contributed by atoms with Crippen molar-refractivity contribution in [3.63, 3.8) is 0 Å². The highest BCUT2D eigenvalue weighted by molar-refractivity contribution is 6.04.